The monoisotopic (exact) mass is 330 g/mol. The average molecular weight is 330 g/mol. The van der Waals surface area contributed by atoms with Crippen LogP contribution in [0, 0.1) is 39.9 Å². The molecule has 0 aromatic rings. The van der Waals surface area contributed by atoms with Crippen molar-refractivity contribution in [2.24, 2.45) is 39.9 Å². The Kier molecular flexibility index (Phi) is 2.52. The molecule has 6 aliphatic rings. The van der Waals surface area contributed by atoms with E-state index in [4.69, 9.17) is 9.47 Å². The standard InChI is InChI=1S/C21H30O3/c1-18-6-3-13-12-20(13,18)17(22)11-14-15(18)4-7-19(2)16(14)5-8-21(19)23-9-10-24-21/h13-16H,3-12H2,1-2H3. The summed E-state index contributed by atoms with van der Waals surface area (Å²) in [6.45, 7) is 6.40. The van der Waals surface area contributed by atoms with E-state index >= 15 is 0 Å². The molecule has 0 aromatic carbocycles. The molecule has 2 spiro atoms. The van der Waals surface area contributed by atoms with E-state index in [0.29, 0.717) is 23.0 Å². The van der Waals surface area contributed by atoms with E-state index in [1.165, 1.54) is 38.5 Å². The van der Waals surface area contributed by atoms with Gasteiger partial charge in [0.25, 0.3) is 0 Å². The van der Waals surface area contributed by atoms with E-state index in [9.17, 15) is 4.79 Å². The molecule has 7 unspecified atom stereocenters. The Bertz CT molecular complexity index is 623. The zero-order valence-electron chi connectivity index (χ0n) is 15.1. The molecule has 3 heteroatoms. The lowest BCUT2D eigenvalue weighted by Gasteiger charge is -2.58. The average Bonchev–Trinajstić information content (AvgIpc) is 2.85. The number of hydrogen-bond donors (Lipinski definition) is 0. The highest BCUT2D eigenvalue weighted by molar-refractivity contribution is 5.91. The van der Waals surface area contributed by atoms with E-state index in [1.54, 1.807) is 0 Å². The minimum absolute atomic E-state index is 0.110. The van der Waals surface area contributed by atoms with Crippen LogP contribution in [-0.2, 0) is 14.3 Å². The number of hydrogen-bond acceptors (Lipinski definition) is 3. The SMILES string of the molecule is CC12CCC3C(CC(=O)C45CC4CCC35C)C1CCC21OCCO1. The van der Waals surface area contributed by atoms with Crippen LogP contribution in [0.5, 0.6) is 0 Å². The minimum atomic E-state index is -0.334. The lowest BCUT2D eigenvalue weighted by atomic mass is 9.46. The smallest absolute Gasteiger partial charge is 0.174 e. The number of Topliss-reactive ketones (excluding diaryl/α,β-unsaturated/α-hetero) is 1. The van der Waals surface area contributed by atoms with Crippen molar-refractivity contribution in [1.82, 2.24) is 0 Å². The van der Waals surface area contributed by atoms with Gasteiger partial charge < -0.3 is 9.47 Å². The van der Waals surface area contributed by atoms with Crippen LogP contribution < -0.4 is 0 Å². The van der Waals surface area contributed by atoms with Crippen LogP contribution >= 0.6 is 0 Å². The summed E-state index contributed by atoms with van der Waals surface area (Å²) in [5, 5.41) is 0. The van der Waals surface area contributed by atoms with Crippen LogP contribution in [0.2, 0.25) is 0 Å². The van der Waals surface area contributed by atoms with Gasteiger partial charge in [0.2, 0.25) is 0 Å². The molecule has 1 saturated heterocycles. The van der Waals surface area contributed by atoms with Crippen molar-refractivity contribution in [3.05, 3.63) is 0 Å². The molecule has 6 rings (SSSR count). The van der Waals surface area contributed by atoms with Crippen molar-refractivity contribution in [3.63, 3.8) is 0 Å². The molecule has 24 heavy (non-hydrogen) atoms. The first-order chi connectivity index (χ1) is 11.5. The summed E-state index contributed by atoms with van der Waals surface area (Å²) in [6.07, 6.45) is 9.41. The molecule has 0 amide bonds. The molecule has 6 fully saturated rings. The Balaban J connectivity index is 1.40. The summed E-state index contributed by atoms with van der Waals surface area (Å²) >= 11 is 0. The maximum atomic E-state index is 13.2. The number of ketones is 1. The second-order valence-electron chi connectivity index (χ2n) is 10.3. The molecular formula is C21H30O3. The van der Waals surface area contributed by atoms with Gasteiger partial charge in [-0.25, -0.2) is 0 Å². The number of fused-ring (bicyclic) bond motifs is 5. The summed E-state index contributed by atoms with van der Waals surface area (Å²) in [5.41, 5.74) is 0.526. The topological polar surface area (TPSA) is 35.5 Å². The van der Waals surface area contributed by atoms with Crippen LogP contribution in [0.1, 0.15) is 65.2 Å². The largest absolute Gasteiger partial charge is 0.347 e. The summed E-state index contributed by atoms with van der Waals surface area (Å²) in [5.74, 6) is 2.99. The fourth-order valence-corrected chi connectivity index (χ4v) is 8.90. The molecule has 0 radical (unpaired) electrons. The fourth-order valence-electron chi connectivity index (χ4n) is 8.90. The van der Waals surface area contributed by atoms with Gasteiger partial charge in [0.1, 0.15) is 5.78 Å². The summed E-state index contributed by atoms with van der Waals surface area (Å²) in [6, 6.07) is 0. The maximum absolute atomic E-state index is 13.2. The third-order valence-electron chi connectivity index (χ3n) is 10.1. The van der Waals surface area contributed by atoms with Crippen molar-refractivity contribution < 1.29 is 14.3 Å². The molecule has 0 bridgehead atoms. The third kappa shape index (κ3) is 1.31. The Hall–Kier alpha value is -0.410. The van der Waals surface area contributed by atoms with E-state index in [-0.39, 0.29) is 16.6 Å². The lowest BCUT2D eigenvalue weighted by molar-refractivity contribution is -0.245. The van der Waals surface area contributed by atoms with Crippen molar-refractivity contribution in [3.8, 4) is 0 Å². The Morgan fingerprint density at radius 2 is 1.58 bits per heavy atom. The van der Waals surface area contributed by atoms with Gasteiger partial charge >= 0.3 is 0 Å². The molecule has 0 aromatic heterocycles. The number of ether oxygens (including phenoxy) is 2. The van der Waals surface area contributed by atoms with Crippen molar-refractivity contribution in [2.45, 2.75) is 71.0 Å². The first kappa shape index (κ1) is 14.7. The lowest BCUT2D eigenvalue weighted by Crippen LogP contribution is -2.58. The van der Waals surface area contributed by atoms with Crippen LogP contribution in [0.15, 0.2) is 0 Å². The first-order valence-electron chi connectivity index (χ1n) is 10.3. The molecule has 3 nitrogen and oxygen atoms in total. The molecule has 1 heterocycles. The molecule has 7 atom stereocenters. The predicted molar refractivity (Wildman–Crippen MR) is 89.2 cm³/mol. The predicted octanol–water partition coefficient (Wildman–Crippen LogP) is 3.95. The second kappa shape index (κ2) is 4.11. The highest BCUT2D eigenvalue weighted by Crippen LogP contribution is 2.80. The van der Waals surface area contributed by atoms with Gasteiger partial charge in [0.15, 0.2) is 5.79 Å². The Morgan fingerprint density at radius 1 is 0.917 bits per heavy atom. The van der Waals surface area contributed by atoms with Gasteiger partial charge in [-0.1, -0.05) is 13.8 Å². The Morgan fingerprint density at radius 3 is 2.33 bits per heavy atom. The van der Waals surface area contributed by atoms with Gasteiger partial charge in [-0.05, 0) is 67.6 Å². The normalized spacial score (nSPS) is 59.8. The molecule has 1 aliphatic heterocycles. The molecule has 5 aliphatic carbocycles. The summed E-state index contributed by atoms with van der Waals surface area (Å²) < 4.78 is 12.4. The van der Waals surface area contributed by atoms with E-state index in [1.807, 2.05) is 0 Å². The van der Waals surface area contributed by atoms with Crippen molar-refractivity contribution >= 4 is 5.78 Å². The van der Waals surface area contributed by atoms with Crippen LogP contribution in [-0.4, -0.2) is 24.8 Å². The van der Waals surface area contributed by atoms with E-state index in [0.717, 1.165) is 37.9 Å². The highest BCUT2D eigenvalue weighted by atomic mass is 16.7. The number of rotatable bonds is 0. The zero-order chi connectivity index (χ0) is 16.4. The quantitative estimate of drug-likeness (QED) is 0.674. The number of carbonyl (C=O) groups excluding carboxylic acids is 1. The van der Waals surface area contributed by atoms with Gasteiger partial charge in [0, 0.05) is 23.7 Å². The number of carbonyl (C=O) groups is 1. The van der Waals surface area contributed by atoms with Gasteiger partial charge in [-0.15, -0.1) is 0 Å². The molecule has 5 saturated carbocycles. The molecular weight excluding hydrogens is 300 g/mol. The van der Waals surface area contributed by atoms with Crippen molar-refractivity contribution in [2.75, 3.05) is 13.2 Å². The minimum Gasteiger partial charge on any atom is -0.347 e. The van der Waals surface area contributed by atoms with Gasteiger partial charge in [0.05, 0.1) is 13.2 Å². The molecule has 132 valence electrons. The Labute approximate surface area is 144 Å². The maximum Gasteiger partial charge on any atom is 0.174 e. The second-order valence-corrected chi connectivity index (χ2v) is 10.3. The highest BCUT2D eigenvalue weighted by Gasteiger charge is 2.78. The summed E-state index contributed by atoms with van der Waals surface area (Å²) in [4.78, 5) is 13.2. The summed E-state index contributed by atoms with van der Waals surface area (Å²) in [7, 11) is 0. The van der Waals surface area contributed by atoms with Crippen LogP contribution in [0.25, 0.3) is 0 Å². The van der Waals surface area contributed by atoms with Crippen LogP contribution in [0.3, 0.4) is 0 Å². The third-order valence-corrected chi connectivity index (χ3v) is 10.1. The van der Waals surface area contributed by atoms with Crippen LogP contribution in [0.4, 0.5) is 0 Å². The van der Waals surface area contributed by atoms with Crippen molar-refractivity contribution in [1.29, 1.82) is 0 Å². The zero-order valence-corrected chi connectivity index (χ0v) is 15.1. The van der Waals surface area contributed by atoms with Gasteiger partial charge in [-0.3, -0.25) is 4.79 Å². The van der Waals surface area contributed by atoms with E-state index < -0.39 is 0 Å². The van der Waals surface area contributed by atoms with E-state index in [2.05, 4.69) is 13.8 Å². The van der Waals surface area contributed by atoms with Gasteiger partial charge in [-0.2, -0.15) is 0 Å². The first-order valence-corrected chi connectivity index (χ1v) is 10.3. The molecule has 0 N–H and O–H groups in total. The fraction of sp³-hybridized carbons (Fsp3) is 0.952.